The highest BCUT2D eigenvalue weighted by Crippen LogP contribution is 2.46. The summed E-state index contributed by atoms with van der Waals surface area (Å²) in [7, 11) is 0. The molecule has 0 saturated heterocycles. The number of hydrogen-bond acceptors (Lipinski definition) is 2. The highest BCUT2D eigenvalue weighted by molar-refractivity contribution is 6.04. The maximum Gasteiger partial charge on any atom is 0.319 e. The minimum Gasteiger partial charge on any atom is -0.480 e. The second-order valence-corrected chi connectivity index (χ2v) is 5.89. The Morgan fingerprint density at radius 1 is 1.17 bits per heavy atom. The molecule has 2 aliphatic carbocycles. The largest absolute Gasteiger partial charge is 0.480 e. The fraction of sp³-hybridized carbons (Fsp3) is 0.857. The maximum atomic E-state index is 11.8. The number of rotatable bonds is 5. The van der Waals surface area contributed by atoms with Crippen LogP contribution in [0.5, 0.6) is 0 Å². The smallest absolute Gasteiger partial charge is 0.319 e. The van der Waals surface area contributed by atoms with E-state index in [0.717, 1.165) is 5.92 Å². The van der Waals surface area contributed by atoms with Crippen LogP contribution in [0.4, 0.5) is 0 Å². The molecule has 102 valence electrons. The van der Waals surface area contributed by atoms with E-state index in [-0.39, 0.29) is 5.91 Å². The van der Waals surface area contributed by atoms with E-state index >= 15 is 0 Å². The normalized spacial score (nSPS) is 29.6. The molecule has 0 heterocycles. The lowest BCUT2D eigenvalue weighted by Crippen LogP contribution is -2.39. The average molecular weight is 253 g/mol. The quantitative estimate of drug-likeness (QED) is 0.738. The van der Waals surface area contributed by atoms with Crippen molar-refractivity contribution in [2.45, 2.75) is 51.9 Å². The zero-order chi connectivity index (χ0) is 13.2. The van der Waals surface area contributed by atoms with E-state index in [2.05, 4.69) is 12.2 Å². The van der Waals surface area contributed by atoms with Crippen molar-refractivity contribution in [1.29, 1.82) is 0 Å². The fourth-order valence-electron chi connectivity index (χ4n) is 2.91. The standard InChI is InChI=1S/C14H23NO3/c1-2-10-3-5-11(6-4-10)9-15-12(16)14(7-8-14)13(17)18/h10-11H,2-9H2,1H3,(H,15,16)(H,17,18). The molecule has 2 rings (SSSR count). The summed E-state index contributed by atoms with van der Waals surface area (Å²) in [5, 5.41) is 11.9. The van der Waals surface area contributed by atoms with Crippen molar-refractivity contribution < 1.29 is 14.7 Å². The monoisotopic (exact) mass is 253 g/mol. The van der Waals surface area contributed by atoms with Gasteiger partial charge in [-0.3, -0.25) is 9.59 Å². The molecule has 4 nitrogen and oxygen atoms in total. The van der Waals surface area contributed by atoms with Gasteiger partial charge in [-0.25, -0.2) is 0 Å². The Kier molecular flexibility index (Phi) is 3.93. The fourth-order valence-corrected chi connectivity index (χ4v) is 2.91. The van der Waals surface area contributed by atoms with E-state index in [1.807, 2.05) is 0 Å². The molecule has 0 aromatic heterocycles. The molecule has 4 heteroatoms. The van der Waals surface area contributed by atoms with E-state index in [9.17, 15) is 9.59 Å². The first-order valence-corrected chi connectivity index (χ1v) is 7.10. The average Bonchev–Trinajstić information content (AvgIpc) is 3.18. The van der Waals surface area contributed by atoms with Crippen LogP contribution in [0.1, 0.15) is 51.9 Å². The van der Waals surface area contributed by atoms with Gasteiger partial charge in [-0.1, -0.05) is 26.2 Å². The zero-order valence-electron chi connectivity index (χ0n) is 11.1. The van der Waals surface area contributed by atoms with Gasteiger partial charge in [0.15, 0.2) is 0 Å². The topological polar surface area (TPSA) is 66.4 Å². The molecule has 1 amide bonds. The Morgan fingerprint density at radius 2 is 1.72 bits per heavy atom. The highest BCUT2D eigenvalue weighted by atomic mass is 16.4. The van der Waals surface area contributed by atoms with Crippen molar-refractivity contribution in [2.24, 2.45) is 17.3 Å². The van der Waals surface area contributed by atoms with Crippen LogP contribution in [0.3, 0.4) is 0 Å². The third-order valence-corrected chi connectivity index (χ3v) is 4.69. The summed E-state index contributed by atoms with van der Waals surface area (Å²) in [5.41, 5.74) is -1.08. The van der Waals surface area contributed by atoms with Crippen molar-refractivity contribution in [1.82, 2.24) is 5.32 Å². The van der Waals surface area contributed by atoms with Crippen LogP contribution >= 0.6 is 0 Å². The molecule has 0 spiro atoms. The van der Waals surface area contributed by atoms with Crippen molar-refractivity contribution in [3.05, 3.63) is 0 Å². The second kappa shape index (κ2) is 5.29. The molecular weight excluding hydrogens is 230 g/mol. The predicted octanol–water partition coefficient (Wildman–Crippen LogP) is 2.18. The SMILES string of the molecule is CCC1CCC(CNC(=O)C2(C(=O)O)CC2)CC1. The first-order chi connectivity index (χ1) is 8.58. The lowest BCUT2D eigenvalue weighted by Gasteiger charge is -2.28. The van der Waals surface area contributed by atoms with Crippen molar-refractivity contribution >= 4 is 11.9 Å². The van der Waals surface area contributed by atoms with Gasteiger partial charge in [0, 0.05) is 6.54 Å². The van der Waals surface area contributed by atoms with Crippen LogP contribution in [0, 0.1) is 17.3 Å². The second-order valence-electron chi connectivity index (χ2n) is 5.89. The van der Waals surface area contributed by atoms with Gasteiger partial charge in [0.25, 0.3) is 0 Å². The minimum absolute atomic E-state index is 0.271. The molecule has 2 aliphatic rings. The number of carbonyl (C=O) groups is 2. The highest BCUT2D eigenvalue weighted by Gasteiger charge is 2.57. The predicted molar refractivity (Wildman–Crippen MR) is 68.1 cm³/mol. The van der Waals surface area contributed by atoms with Gasteiger partial charge in [-0.05, 0) is 37.5 Å². The molecule has 0 aromatic carbocycles. The van der Waals surface area contributed by atoms with E-state index in [4.69, 9.17) is 5.11 Å². The van der Waals surface area contributed by atoms with Gasteiger partial charge < -0.3 is 10.4 Å². The van der Waals surface area contributed by atoms with E-state index in [0.29, 0.717) is 25.3 Å². The van der Waals surface area contributed by atoms with Crippen LogP contribution in [-0.2, 0) is 9.59 Å². The first kappa shape index (κ1) is 13.4. The molecule has 2 N–H and O–H groups in total. The number of aliphatic carboxylic acids is 1. The Balaban J connectivity index is 1.73. The van der Waals surface area contributed by atoms with Gasteiger partial charge in [0.2, 0.25) is 5.91 Å². The maximum absolute atomic E-state index is 11.8. The molecule has 2 saturated carbocycles. The number of amides is 1. The molecule has 0 radical (unpaired) electrons. The van der Waals surface area contributed by atoms with Crippen molar-refractivity contribution in [3.8, 4) is 0 Å². The molecule has 0 aromatic rings. The number of hydrogen-bond donors (Lipinski definition) is 2. The Hall–Kier alpha value is -1.06. The van der Waals surface area contributed by atoms with Crippen LogP contribution in [-0.4, -0.2) is 23.5 Å². The number of carboxylic acid groups (broad SMARTS) is 1. The summed E-state index contributed by atoms with van der Waals surface area (Å²) in [6, 6.07) is 0. The summed E-state index contributed by atoms with van der Waals surface area (Å²) in [6.45, 7) is 2.89. The Labute approximate surface area is 108 Å². The van der Waals surface area contributed by atoms with Crippen molar-refractivity contribution in [3.63, 3.8) is 0 Å². The lowest BCUT2D eigenvalue weighted by molar-refractivity contribution is -0.149. The zero-order valence-corrected chi connectivity index (χ0v) is 11.1. The summed E-state index contributed by atoms with van der Waals surface area (Å²) < 4.78 is 0. The van der Waals surface area contributed by atoms with Crippen LogP contribution < -0.4 is 5.32 Å². The molecule has 2 fully saturated rings. The Bertz CT molecular complexity index is 328. The van der Waals surface area contributed by atoms with Gasteiger partial charge in [0.1, 0.15) is 5.41 Å². The van der Waals surface area contributed by atoms with Gasteiger partial charge in [0.05, 0.1) is 0 Å². The number of carboxylic acids is 1. The Morgan fingerprint density at radius 3 is 2.17 bits per heavy atom. The summed E-state index contributed by atoms with van der Waals surface area (Å²) in [5.74, 6) is 0.161. The third-order valence-electron chi connectivity index (χ3n) is 4.69. The van der Waals surface area contributed by atoms with Crippen LogP contribution in [0.15, 0.2) is 0 Å². The summed E-state index contributed by atoms with van der Waals surface area (Å²) in [4.78, 5) is 22.8. The molecule has 0 bridgehead atoms. The van der Waals surface area contributed by atoms with Crippen LogP contribution in [0.2, 0.25) is 0 Å². The number of nitrogens with one attached hydrogen (secondary N) is 1. The molecular formula is C14H23NO3. The molecule has 0 atom stereocenters. The summed E-state index contributed by atoms with van der Waals surface area (Å²) >= 11 is 0. The third kappa shape index (κ3) is 2.68. The van der Waals surface area contributed by atoms with Gasteiger partial charge in [-0.2, -0.15) is 0 Å². The number of carbonyl (C=O) groups excluding carboxylic acids is 1. The molecule has 0 unspecified atom stereocenters. The molecule has 18 heavy (non-hydrogen) atoms. The first-order valence-electron chi connectivity index (χ1n) is 7.10. The van der Waals surface area contributed by atoms with Gasteiger partial charge in [-0.15, -0.1) is 0 Å². The lowest BCUT2D eigenvalue weighted by atomic mass is 9.81. The van der Waals surface area contributed by atoms with Gasteiger partial charge >= 0.3 is 5.97 Å². The molecule has 0 aliphatic heterocycles. The van der Waals surface area contributed by atoms with E-state index in [1.165, 1.54) is 32.1 Å². The van der Waals surface area contributed by atoms with E-state index < -0.39 is 11.4 Å². The minimum atomic E-state index is -1.08. The van der Waals surface area contributed by atoms with Crippen LogP contribution in [0.25, 0.3) is 0 Å². The summed E-state index contributed by atoms with van der Waals surface area (Å²) in [6.07, 6.45) is 7.08. The van der Waals surface area contributed by atoms with E-state index in [1.54, 1.807) is 0 Å². The van der Waals surface area contributed by atoms with Crippen molar-refractivity contribution in [2.75, 3.05) is 6.54 Å².